The number of methoxy groups -OCH3 is 2. The van der Waals surface area contributed by atoms with Gasteiger partial charge in [-0.05, 0) is 35.7 Å². The first-order valence-corrected chi connectivity index (χ1v) is 8.07. The molecule has 0 aliphatic carbocycles. The first-order chi connectivity index (χ1) is 12.1. The molecule has 1 aliphatic heterocycles. The van der Waals surface area contributed by atoms with Crippen molar-refractivity contribution in [1.82, 2.24) is 0 Å². The van der Waals surface area contributed by atoms with E-state index in [1.807, 2.05) is 24.3 Å². The Balaban J connectivity index is 1.94. The molecule has 1 aliphatic rings. The fourth-order valence-corrected chi connectivity index (χ4v) is 3.27. The summed E-state index contributed by atoms with van der Waals surface area (Å²) in [6.07, 6.45) is 0. The second-order valence-corrected chi connectivity index (χ2v) is 6.04. The van der Waals surface area contributed by atoms with Gasteiger partial charge in [0.1, 0.15) is 7.05 Å². The van der Waals surface area contributed by atoms with Crippen molar-refractivity contribution >= 4 is 10.8 Å². The van der Waals surface area contributed by atoms with E-state index in [0.29, 0.717) is 0 Å². The van der Waals surface area contributed by atoms with Gasteiger partial charge in [0.2, 0.25) is 12.5 Å². The van der Waals surface area contributed by atoms with Gasteiger partial charge in [0.15, 0.2) is 28.7 Å². The van der Waals surface area contributed by atoms with Crippen molar-refractivity contribution < 1.29 is 23.5 Å². The molecule has 0 saturated heterocycles. The van der Waals surface area contributed by atoms with Crippen molar-refractivity contribution in [2.75, 3.05) is 21.0 Å². The molecule has 0 bridgehead atoms. The molecule has 0 amide bonds. The summed E-state index contributed by atoms with van der Waals surface area (Å²) in [6.45, 7) is 2.38. The van der Waals surface area contributed by atoms with Crippen LogP contribution in [0.3, 0.4) is 0 Å². The molecule has 128 valence electrons. The highest BCUT2D eigenvalue weighted by atomic mass is 16.7. The zero-order chi connectivity index (χ0) is 17.6. The molecule has 0 radical (unpaired) electrons. The predicted molar refractivity (Wildman–Crippen MR) is 94.5 cm³/mol. The van der Waals surface area contributed by atoms with E-state index in [9.17, 15) is 0 Å². The smallest absolute Gasteiger partial charge is 0.231 e. The van der Waals surface area contributed by atoms with Gasteiger partial charge < -0.3 is 18.9 Å². The van der Waals surface area contributed by atoms with Crippen LogP contribution in [0.1, 0.15) is 5.69 Å². The van der Waals surface area contributed by atoms with Crippen LogP contribution >= 0.6 is 0 Å². The van der Waals surface area contributed by atoms with Gasteiger partial charge in [-0.15, -0.1) is 0 Å². The molecule has 3 aromatic rings. The molecular formula is C20H20NO4+. The average Bonchev–Trinajstić information content (AvgIpc) is 3.11. The summed E-state index contributed by atoms with van der Waals surface area (Å²) < 4.78 is 24.0. The number of hydrogen-bond acceptors (Lipinski definition) is 4. The van der Waals surface area contributed by atoms with Gasteiger partial charge >= 0.3 is 0 Å². The number of aromatic nitrogens is 1. The quantitative estimate of drug-likeness (QED) is 0.687. The Kier molecular flexibility index (Phi) is 3.64. The van der Waals surface area contributed by atoms with E-state index >= 15 is 0 Å². The largest absolute Gasteiger partial charge is 0.493 e. The van der Waals surface area contributed by atoms with Crippen LogP contribution in [-0.4, -0.2) is 21.0 Å². The molecule has 25 heavy (non-hydrogen) atoms. The van der Waals surface area contributed by atoms with Gasteiger partial charge in [-0.3, -0.25) is 0 Å². The predicted octanol–water partition coefficient (Wildman–Crippen LogP) is 3.39. The molecule has 0 spiro atoms. The highest BCUT2D eigenvalue weighted by Gasteiger charge is 2.21. The van der Waals surface area contributed by atoms with Gasteiger partial charge in [-0.1, -0.05) is 0 Å². The minimum Gasteiger partial charge on any atom is -0.493 e. The van der Waals surface area contributed by atoms with Crippen LogP contribution in [0.4, 0.5) is 0 Å². The summed E-state index contributed by atoms with van der Waals surface area (Å²) in [7, 11) is 5.36. The first-order valence-electron chi connectivity index (χ1n) is 8.07. The number of fused-ring (bicyclic) bond motifs is 2. The number of rotatable bonds is 3. The molecule has 4 rings (SSSR count). The third kappa shape index (κ3) is 2.43. The molecule has 0 unspecified atom stereocenters. The average molecular weight is 338 g/mol. The summed E-state index contributed by atoms with van der Waals surface area (Å²) in [5.74, 6) is 3.02. The molecular weight excluding hydrogens is 318 g/mol. The Morgan fingerprint density at radius 1 is 0.920 bits per heavy atom. The highest BCUT2D eigenvalue weighted by Crippen LogP contribution is 2.37. The fraction of sp³-hybridized carbons (Fsp3) is 0.250. The second kappa shape index (κ2) is 5.84. The fourth-order valence-electron chi connectivity index (χ4n) is 3.27. The van der Waals surface area contributed by atoms with Crippen molar-refractivity contribution in [3.05, 3.63) is 42.1 Å². The SMILES string of the molecule is COc1cc2cc(-c3ccc4c(c3)OCO4)[n+](C)c(C)c2cc1OC. The number of nitrogens with zero attached hydrogens (tertiary/aromatic N) is 1. The maximum Gasteiger partial charge on any atom is 0.231 e. The first kappa shape index (κ1) is 15.6. The molecule has 2 heterocycles. The number of ether oxygens (including phenoxy) is 4. The Labute approximate surface area is 146 Å². The second-order valence-electron chi connectivity index (χ2n) is 6.04. The topological polar surface area (TPSA) is 40.8 Å². The zero-order valence-electron chi connectivity index (χ0n) is 14.8. The van der Waals surface area contributed by atoms with E-state index in [1.54, 1.807) is 14.2 Å². The zero-order valence-corrected chi connectivity index (χ0v) is 14.8. The van der Waals surface area contributed by atoms with Gasteiger partial charge in [-0.2, -0.15) is 4.57 Å². The van der Waals surface area contributed by atoms with E-state index in [0.717, 1.165) is 50.7 Å². The van der Waals surface area contributed by atoms with Gasteiger partial charge in [0.25, 0.3) is 0 Å². The molecule has 1 aromatic heterocycles. The molecule has 0 fully saturated rings. The molecule has 2 aromatic carbocycles. The molecule has 0 N–H and O–H groups in total. The van der Waals surface area contributed by atoms with Crippen molar-refractivity contribution in [2.45, 2.75) is 6.92 Å². The summed E-state index contributed by atoms with van der Waals surface area (Å²) in [5.41, 5.74) is 3.31. The lowest BCUT2D eigenvalue weighted by Crippen LogP contribution is -2.34. The lowest BCUT2D eigenvalue weighted by molar-refractivity contribution is -0.665. The van der Waals surface area contributed by atoms with E-state index in [1.165, 1.54) is 0 Å². The maximum absolute atomic E-state index is 5.52. The van der Waals surface area contributed by atoms with Crippen molar-refractivity contribution in [3.8, 4) is 34.3 Å². The minimum absolute atomic E-state index is 0.276. The van der Waals surface area contributed by atoms with Gasteiger partial charge in [0, 0.05) is 13.0 Å². The Bertz CT molecular complexity index is 981. The van der Waals surface area contributed by atoms with E-state index in [-0.39, 0.29) is 6.79 Å². The van der Waals surface area contributed by atoms with Crippen LogP contribution in [0.5, 0.6) is 23.0 Å². The van der Waals surface area contributed by atoms with Gasteiger partial charge in [-0.25, -0.2) is 0 Å². The minimum atomic E-state index is 0.276. The number of benzene rings is 2. The third-order valence-corrected chi connectivity index (χ3v) is 4.77. The summed E-state index contributed by atoms with van der Waals surface area (Å²) in [5, 5.41) is 2.23. The monoisotopic (exact) mass is 338 g/mol. The van der Waals surface area contributed by atoms with Crippen LogP contribution in [-0.2, 0) is 7.05 Å². The molecule has 5 heteroatoms. The summed E-state index contributed by atoms with van der Waals surface area (Å²) in [6, 6.07) is 12.2. The number of hydrogen-bond donors (Lipinski definition) is 0. The lowest BCUT2D eigenvalue weighted by Gasteiger charge is -2.12. The molecule has 5 nitrogen and oxygen atoms in total. The standard InChI is InChI=1S/C20H20NO4/c1-12-15-10-19(23-4)18(22-3)9-14(15)7-16(21(12)2)13-5-6-17-20(8-13)25-11-24-17/h5-10H,11H2,1-4H3/q+1. The van der Waals surface area contributed by atoms with Crippen LogP contribution in [0, 0.1) is 6.92 Å². The third-order valence-electron chi connectivity index (χ3n) is 4.77. The highest BCUT2D eigenvalue weighted by molar-refractivity contribution is 5.89. The van der Waals surface area contributed by atoms with E-state index in [2.05, 4.69) is 30.7 Å². The Hall–Kier alpha value is -2.95. The van der Waals surface area contributed by atoms with E-state index < -0.39 is 0 Å². The van der Waals surface area contributed by atoms with Gasteiger partial charge in [0.05, 0.1) is 25.2 Å². The number of aryl methyl sites for hydroxylation is 1. The van der Waals surface area contributed by atoms with Crippen LogP contribution in [0.15, 0.2) is 36.4 Å². The molecule has 0 atom stereocenters. The number of pyridine rings is 1. The molecule has 0 saturated carbocycles. The van der Waals surface area contributed by atoms with E-state index in [4.69, 9.17) is 18.9 Å². The maximum atomic E-state index is 5.52. The lowest BCUT2D eigenvalue weighted by atomic mass is 10.0. The summed E-state index contributed by atoms with van der Waals surface area (Å²) in [4.78, 5) is 0. The Morgan fingerprint density at radius 2 is 1.64 bits per heavy atom. The van der Waals surface area contributed by atoms with Crippen LogP contribution < -0.4 is 23.5 Å². The van der Waals surface area contributed by atoms with Crippen LogP contribution in [0.25, 0.3) is 22.0 Å². The normalized spacial score (nSPS) is 12.5. The summed E-state index contributed by atoms with van der Waals surface area (Å²) >= 11 is 0. The van der Waals surface area contributed by atoms with Crippen molar-refractivity contribution in [3.63, 3.8) is 0 Å². The van der Waals surface area contributed by atoms with Crippen molar-refractivity contribution in [1.29, 1.82) is 0 Å². The van der Waals surface area contributed by atoms with Crippen LogP contribution in [0.2, 0.25) is 0 Å². The Morgan fingerprint density at radius 3 is 2.40 bits per heavy atom. The van der Waals surface area contributed by atoms with Crippen molar-refractivity contribution in [2.24, 2.45) is 7.05 Å².